The average molecular weight is 342 g/mol. The third kappa shape index (κ3) is 4.09. The number of rotatable bonds is 5. The molecule has 0 N–H and O–H groups in total. The van der Waals surface area contributed by atoms with Gasteiger partial charge in [0.1, 0.15) is 6.10 Å². The van der Waals surface area contributed by atoms with Crippen LogP contribution in [0, 0.1) is 17.0 Å². The van der Waals surface area contributed by atoms with Crippen LogP contribution in [0.4, 0.5) is 5.69 Å². The fourth-order valence-corrected chi connectivity index (χ4v) is 2.78. The van der Waals surface area contributed by atoms with Crippen molar-refractivity contribution in [3.05, 3.63) is 57.8 Å². The summed E-state index contributed by atoms with van der Waals surface area (Å²) >= 11 is 0. The van der Waals surface area contributed by atoms with Crippen LogP contribution in [0.15, 0.2) is 36.4 Å². The molecule has 1 atom stereocenters. The molecule has 1 aliphatic rings. The Hall–Kier alpha value is -3.03. The van der Waals surface area contributed by atoms with Crippen LogP contribution in [-0.2, 0) is 11.2 Å². The van der Waals surface area contributed by atoms with E-state index in [9.17, 15) is 14.9 Å². The normalized spacial score (nSPS) is 16.7. The number of nitrogens with zero attached hydrogens (tertiary/aromatic N) is 4. The Morgan fingerprint density at radius 1 is 1.32 bits per heavy atom. The van der Waals surface area contributed by atoms with Gasteiger partial charge in [0, 0.05) is 30.7 Å². The zero-order valence-corrected chi connectivity index (χ0v) is 13.8. The van der Waals surface area contributed by atoms with Crippen LogP contribution in [0.3, 0.4) is 0 Å². The van der Waals surface area contributed by atoms with Crippen molar-refractivity contribution >= 4 is 11.6 Å². The number of nitro benzene ring substituents is 1. The minimum atomic E-state index is -0.464. The van der Waals surface area contributed by atoms with Gasteiger partial charge in [-0.15, -0.1) is 5.10 Å². The predicted molar refractivity (Wildman–Crippen MR) is 89.2 cm³/mol. The lowest BCUT2D eigenvalue weighted by atomic mass is 10.1. The predicted octanol–water partition coefficient (Wildman–Crippen LogP) is 1.92. The van der Waals surface area contributed by atoms with Crippen LogP contribution in [0.5, 0.6) is 5.88 Å². The van der Waals surface area contributed by atoms with Crippen molar-refractivity contribution in [3.8, 4) is 5.88 Å². The Morgan fingerprint density at radius 3 is 2.84 bits per heavy atom. The van der Waals surface area contributed by atoms with Crippen molar-refractivity contribution in [1.29, 1.82) is 0 Å². The highest BCUT2D eigenvalue weighted by molar-refractivity contribution is 5.80. The Bertz CT molecular complexity index is 778. The van der Waals surface area contributed by atoms with Gasteiger partial charge in [-0.2, -0.15) is 5.10 Å². The summed E-state index contributed by atoms with van der Waals surface area (Å²) in [5.41, 5.74) is 1.20. The maximum Gasteiger partial charge on any atom is 0.273 e. The number of para-hydroxylation sites is 1. The molecular formula is C17H18N4O4. The van der Waals surface area contributed by atoms with E-state index in [1.807, 2.05) is 13.0 Å². The molecule has 8 nitrogen and oxygen atoms in total. The molecular weight excluding hydrogens is 324 g/mol. The number of hydrogen-bond donors (Lipinski definition) is 0. The minimum absolute atomic E-state index is 0.00815. The van der Waals surface area contributed by atoms with Crippen molar-refractivity contribution in [3.63, 3.8) is 0 Å². The number of carbonyl (C=O) groups excluding carboxylic acids is 1. The summed E-state index contributed by atoms with van der Waals surface area (Å²) in [4.78, 5) is 24.7. The molecule has 3 rings (SSSR count). The standard InChI is InChI=1S/C17H18N4O4/c1-12-6-7-16(19-18-12)25-14-8-9-20(11-14)17(22)10-13-4-2-3-5-15(13)21(23)24/h2-7,14H,8-11H2,1H3. The summed E-state index contributed by atoms with van der Waals surface area (Å²) in [6.45, 7) is 2.84. The number of carbonyl (C=O) groups is 1. The summed E-state index contributed by atoms with van der Waals surface area (Å²) in [5.74, 6) is 0.291. The van der Waals surface area contributed by atoms with Crippen LogP contribution in [0.1, 0.15) is 17.7 Å². The van der Waals surface area contributed by atoms with E-state index in [0.717, 1.165) is 5.69 Å². The van der Waals surface area contributed by atoms with Gasteiger partial charge in [-0.05, 0) is 13.0 Å². The van der Waals surface area contributed by atoms with Gasteiger partial charge in [-0.25, -0.2) is 0 Å². The van der Waals surface area contributed by atoms with E-state index >= 15 is 0 Å². The second-order valence-corrected chi connectivity index (χ2v) is 5.94. The molecule has 130 valence electrons. The van der Waals surface area contributed by atoms with Crippen molar-refractivity contribution < 1.29 is 14.5 Å². The van der Waals surface area contributed by atoms with E-state index < -0.39 is 4.92 Å². The van der Waals surface area contributed by atoms with Crippen LogP contribution < -0.4 is 4.74 Å². The molecule has 1 aromatic carbocycles. The molecule has 1 fully saturated rings. The first kappa shape index (κ1) is 16.8. The number of aromatic nitrogens is 2. The van der Waals surface area contributed by atoms with Crippen molar-refractivity contribution in [2.75, 3.05) is 13.1 Å². The fraction of sp³-hybridized carbons (Fsp3) is 0.353. The first-order valence-electron chi connectivity index (χ1n) is 8.00. The van der Waals surface area contributed by atoms with E-state index in [1.165, 1.54) is 6.07 Å². The number of likely N-dealkylation sites (tertiary alicyclic amines) is 1. The summed E-state index contributed by atoms with van der Waals surface area (Å²) in [6, 6.07) is 9.88. The molecule has 25 heavy (non-hydrogen) atoms. The lowest BCUT2D eigenvalue weighted by molar-refractivity contribution is -0.385. The Balaban J connectivity index is 1.59. The molecule has 1 saturated heterocycles. The van der Waals surface area contributed by atoms with Gasteiger partial charge in [-0.1, -0.05) is 18.2 Å². The summed E-state index contributed by atoms with van der Waals surface area (Å²) < 4.78 is 5.75. The fourth-order valence-electron chi connectivity index (χ4n) is 2.78. The van der Waals surface area contributed by atoms with Gasteiger partial charge in [0.2, 0.25) is 11.8 Å². The molecule has 0 aliphatic carbocycles. The number of aryl methyl sites for hydroxylation is 1. The van der Waals surface area contributed by atoms with Crippen LogP contribution in [0.2, 0.25) is 0 Å². The minimum Gasteiger partial charge on any atom is -0.471 e. The van der Waals surface area contributed by atoms with Gasteiger partial charge in [-0.3, -0.25) is 14.9 Å². The van der Waals surface area contributed by atoms with Crippen LogP contribution in [-0.4, -0.2) is 45.1 Å². The molecule has 2 heterocycles. The third-order valence-corrected chi connectivity index (χ3v) is 4.09. The monoisotopic (exact) mass is 342 g/mol. The van der Waals surface area contributed by atoms with E-state index in [-0.39, 0.29) is 24.1 Å². The number of ether oxygens (including phenoxy) is 1. The molecule has 0 radical (unpaired) electrons. The Kier molecular flexibility index (Phi) is 4.87. The highest BCUT2D eigenvalue weighted by atomic mass is 16.6. The lowest BCUT2D eigenvalue weighted by Gasteiger charge is -2.17. The van der Waals surface area contributed by atoms with E-state index in [1.54, 1.807) is 29.2 Å². The van der Waals surface area contributed by atoms with Gasteiger partial charge >= 0.3 is 0 Å². The molecule has 0 saturated carbocycles. The highest BCUT2D eigenvalue weighted by Crippen LogP contribution is 2.21. The number of amides is 1. The van der Waals surface area contributed by atoms with Gasteiger partial charge in [0.25, 0.3) is 5.69 Å². The van der Waals surface area contributed by atoms with Gasteiger partial charge in [0.15, 0.2) is 0 Å². The second kappa shape index (κ2) is 7.25. The number of nitro groups is 1. The van der Waals surface area contributed by atoms with Crippen LogP contribution in [0.25, 0.3) is 0 Å². The molecule has 1 aromatic heterocycles. The van der Waals surface area contributed by atoms with Gasteiger partial charge in [0.05, 0.1) is 23.6 Å². The Labute approximate surface area is 144 Å². The van der Waals surface area contributed by atoms with Crippen molar-refractivity contribution in [2.45, 2.75) is 25.9 Å². The molecule has 0 spiro atoms. The first-order chi connectivity index (χ1) is 12.0. The lowest BCUT2D eigenvalue weighted by Crippen LogP contribution is -2.32. The van der Waals surface area contributed by atoms with Crippen molar-refractivity contribution in [1.82, 2.24) is 15.1 Å². The summed E-state index contributed by atoms with van der Waals surface area (Å²) in [7, 11) is 0. The van der Waals surface area contributed by atoms with Crippen molar-refractivity contribution in [2.24, 2.45) is 0 Å². The largest absolute Gasteiger partial charge is 0.471 e. The summed E-state index contributed by atoms with van der Waals surface area (Å²) in [6.07, 6.45) is 0.554. The zero-order chi connectivity index (χ0) is 17.8. The molecule has 1 unspecified atom stereocenters. The molecule has 1 aliphatic heterocycles. The topological polar surface area (TPSA) is 98.5 Å². The SMILES string of the molecule is Cc1ccc(OC2CCN(C(=O)Cc3ccccc3[N+](=O)[O-])C2)nn1. The zero-order valence-electron chi connectivity index (χ0n) is 13.8. The van der Waals surface area contributed by atoms with E-state index in [0.29, 0.717) is 31.0 Å². The first-order valence-corrected chi connectivity index (χ1v) is 8.00. The third-order valence-electron chi connectivity index (χ3n) is 4.09. The molecule has 0 bridgehead atoms. The highest BCUT2D eigenvalue weighted by Gasteiger charge is 2.29. The number of benzene rings is 1. The smallest absolute Gasteiger partial charge is 0.273 e. The van der Waals surface area contributed by atoms with Crippen LogP contribution >= 0.6 is 0 Å². The maximum absolute atomic E-state index is 12.5. The van der Waals surface area contributed by atoms with Gasteiger partial charge < -0.3 is 9.64 Å². The number of hydrogen-bond acceptors (Lipinski definition) is 6. The molecule has 8 heteroatoms. The van der Waals surface area contributed by atoms with E-state index in [2.05, 4.69) is 10.2 Å². The second-order valence-electron chi connectivity index (χ2n) is 5.94. The molecule has 1 amide bonds. The average Bonchev–Trinajstić information content (AvgIpc) is 3.06. The quantitative estimate of drug-likeness (QED) is 0.608. The maximum atomic E-state index is 12.5. The summed E-state index contributed by atoms with van der Waals surface area (Å²) in [5, 5.41) is 18.9. The van der Waals surface area contributed by atoms with E-state index in [4.69, 9.17) is 4.74 Å². The molecule has 2 aromatic rings. The Morgan fingerprint density at radius 2 is 2.12 bits per heavy atom.